The van der Waals surface area contributed by atoms with Gasteiger partial charge in [-0.3, -0.25) is 0 Å². The van der Waals surface area contributed by atoms with Crippen LogP contribution in [0.15, 0.2) is 30.7 Å². The summed E-state index contributed by atoms with van der Waals surface area (Å²) in [5.74, 6) is -0.285. The smallest absolute Gasteiger partial charge is 0.397 e. The first-order valence-electron chi connectivity index (χ1n) is 4.31. The molecule has 4 nitrogen and oxygen atoms in total. The maximum Gasteiger partial charge on any atom is 0.420 e. The molecule has 0 atom stereocenters. The Hall–Kier alpha value is -2.05. The predicted octanol–water partition coefficient (Wildman–Crippen LogP) is 1.87. The second kappa shape index (κ2) is 3.51. The van der Waals surface area contributed by atoms with Crippen molar-refractivity contribution in [2.45, 2.75) is 6.18 Å². The van der Waals surface area contributed by atoms with Crippen LogP contribution in [0.3, 0.4) is 0 Å². The number of aromatic nitrogens is 3. The zero-order chi connectivity index (χ0) is 11.8. The van der Waals surface area contributed by atoms with Gasteiger partial charge in [-0.15, -0.1) is 0 Å². The summed E-state index contributed by atoms with van der Waals surface area (Å²) < 4.78 is 39.1. The summed E-state index contributed by atoms with van der Waals surface area (Å²) in [6, 6.07) is 2.35. The quantitative estimate of drug-likeness (QED) is 0.810. The highest BCUT2D eigenvalue weighted by atomic mass is 19.4. The summed E-state index contributed by atoms with van der Waals surface area (Å²) in [5.41, 5.74) is 4.34. The summed E-state index contributed by atoms with van der Waals surface area (Å²) in [5, 5.41) is 3.70. The lowest BCUT2D eigenvalue weighted by atomic mass is 10.2. The second-order valence-electron chi connectivity index (χ2n) is 3.09. The van der Waals surface area contributed by atoms with Crippen LogP contribution in [0.2, 0.25) is 0 Å². The largest absolute Gasteiger partial charge is 0.420 e. The molecule has 0 saturated heterocycles. The lowest BCUT2D eigenvalue weighted by molar-refractivity contribution is -0.137. The summed E-state index contributed by atoms with van der Waals surface area (Å²) in [4.78, 5) is 3.64. The third-order valence-electron chi connectivity index (χ3n) is 1.91. The molecular formula is C9H7F3N4. The normalized spacial score (nSPS) is 11.7. The Morgan fingerprint density at radius 1 is 1.31 bits per heavy atom. The van der Waals surface area contributed by atoms with Crippen molar-refractivity contribution in [2.24, 2.45) is 0 Å². The molecule has 0 spiro atoms. The van der Waals surface area contributed by atoms with Crippen LogP contribution in [0.4, 0.5) is 18.9 Å². The summed E-state index contributed by atoms with van der Waals surface area (Å²) in [6.45, 7) is 0. The SMILES string of the molecule is Nc1cnc(-n2cccn2)c(C(F)(F)F)c1. The number of halogens is 3. The van der Waals surface area contributed by atoms with Gasteiger partial charge in [-0.2, -0.15) is 18.3 Å². The molecule has 0 aliphatic carbocycles. The van der Waals surface area contributed by atoms with Crippen molar-refractivity contribution in [1.82, 2.24) is 14.8 Å². The average Bonchev–Trinajstić information content (AvgIpc) is 2.69. The molecular weight excluding hydrogens is 221 g/mol. The minimum Gasteiger partial charge on any atom is -0.397 e. The van der Waals surface area contributed by atoms with Crippen LogP contribution in [0.25, 0.3) is 5.82 Å². The number of hydrogen-bond acceptors (Lipinski definition) is 3. The van der Waals surface area contributed by atoms with Gasteiger partial charge in [0.05, 0.1) is 11.9 Å². The zero-order valence-corrected chi connectivity index (χ0v) is 7.94. The third-order valence-corrected chi connectivity index (χ3v) is 1.91. The van der Waals surface area contributed by atoms with Gasteiger partial charge < -0.3 is 5.73 Å². The Morgan fingerprint density at radius 3 is 2.62 bits per heavy atom. The van der Waals surface area contributed by atoms with E-state index in [1.165, 1.54) is 18.5 Å². The number of hydrogen-bond donors (Lipinski definition) is 1. The van der Waals surface area contributed by atoms with Gasteiger partial charge in [0, 0.05) is 12.4 Å². The fourth-order valence-corrected chi connectivity index (χ4v) is 1.26. The van der Waals surface area contributed by atoms with Crippen molar-refractivity contribution in [2.75, 3.05) is 5.73 Å². The van der Waals surface area contributed by atoms with Gasteiger partial charge in [0.2, 0.25) is 0 Å². The number of alkyl halides is 3. The van der Waals surface area contributed by atoms with Gasteiger partial charge in [0.15, 0.2) is 5.82 Å². The average molecular weight is 228 g/mol. The lowest BCUT2D eigenvalue weighted by Crippen LogP contribution is -2.13. The number of nitrogen functional groups attached to an aromatic ring is 1. The molecule has 0 amide bonds. The highest BCUT2D eigenvalue weighted by molar-refractivity contribution is 5.46. The predicted molar refractivity (Wildman–Crippen MR) is 50.8 cm³/mol. The molecule has 16 heavy (non-hydrogen) atoms. The van der Waals surface area contributed by atoms with Crippen molar-refractivity contribution < 1.29 is 13.2 Å². The summed E-state index contributed by atoms with van der Waals surface area (Å²) >= 11 is 0. The van der Waals surface area contributed by atoms with Crippen LogP contribution in [0, 0.1) is 0 Å². The van der Waals surface area contributed by atoms with Crippen molar-refractivity contribution in [1.29, 1.82) is 0 Å². The molecule has 0 fully saturated rings. The Balaban J connectivity index is 2.62. The standard InChI is InChI=1S/C9H7F3N4/c10-9(11,12)7-4-6(13)5-14-8(7)16-3-1-2-15-16/h1-5H,13H2. The highest BCUT2D eigenvalue weighted by Crippen LogP contribution is 2.33. The van der Waals surface area contributed by atoms with E-state index in [1.807, 2.05) is 0 Å². The monoisotopic (exact) mass is 228 g/mol. The molecule has 2 heterocycles. The van der Waals surface area contributed by atoms with E-state index in [4.69, 9.17) is 5.73 Å². The maximum absolute atomic E-state index is 12.7. The first kappa shape index (κ1) is 10.5. The molecule has 0 aromatic carbocycles. The molecule has 0 bridgehead atoms. The van der Waals surface area contributed by atoms with E-state index in [2.05, 4.69) is 10.1 Å². The van der Waals surface area contributed by atoms with Crippen molar-refractivity contribution >= 4 is 5.69 Å². The fraction of sp³-hybridized carbons (Fsp3) is 0.111. The summed E-state index contributed by atoms with van der Waals surface area (Å²) in [7, 11) is 0. The second-order valence-corrected chi connectivity index (χ2v) is 3.09. The first-order chi connectivity index (χ1) is 7.48. The van der Waals surface area contributed by atoms with E-state index in [1.54, 1.807) is 0 Å². The fourth-order valence-electron chi connectivity index (χ4n) is 1.26. The Labute approximate surface area is 88.5 Å². The Bertz CT molecular complexity index is 490. The summed E-state index contributed by atoms with van der Waals surface area (Å²) in [6.07, 6.45) is -0.595. The molecule has 2 rings (SSSR count). The number of nitrogens with two attached hydrogens (primary N) is 1. The van der Waals surface area contributed by atoms with Crippen LogP contribution in [-0.2, 0) is 6.18 Å². The van der Waals surface area contributed by atoms with Gasteiger partial charge >= 0.3 is 6.18 Å². The number of nitrogens with zero attached hydrogens (tertiary/aromatic N) is 3. The van der Waals surface area contributed by atoms with Crippen molar-refractivity contribution in [3.8, 4) is 5.82 Å². The topological polar surface area (TPSA) is 56.7 Å². The Morgan fingerprint density at radius 2 is 2.06 bits per heavy atom. The molecule has 2 aromatic heterocycles. The van der Waals surface area contributed by atoms with E-state index < -0.39 is 11.7 Å². The highest BCUT2D eigenvalue weighted by Gasteiger charge is 2.35. The van der Waals surface area contributed by atoms with E-state index in [-0.39, 0.29) is 11.5 Å². The van der Waals surface area contributed by atoms with Crippen molar-refractivity contribution in [3.05, 3.63) is 36.3 Å². The molecule has 2 N–H and O–H groups in total. The zero-order valence-electron chi connectivity index (χ0n) is 7.94. The van der Waals surface area contributed by atoms with Gasteiger partial charge in [-0.05, 0) is 12.1 Å². The van der Waals surface area contributed by atoms with E-state index >= 15 is 0 Å². The van der Waals surface area contributed by atoms with Crippen LogP contribution in [0.5, 0.6) is 0 Å². The van der Waals surface area contributed by atoms with Crippen LogP contribution in [0.1, 0.15) is 5.56 Å². The number of pyridine rings is 1. The van der Waals surface area contributed by atoms with E-state index in [9.17, 15) is 13.2 Å². The molecule has 2 aromatic rings. The number of anilines is 1. The lowest BCUT2D eigenvalue weighted by Gasteiger charge is -2.12. The van der Waals surface area contributed by atoms with Gasteiger partial charge in [-0.1, -0.05) is 0 Å². The van der Waals surface area contributed by atoms with E-state index in [0.29, 0.717) is 0 Å². The molecule has 0 saturated carbocycles. The first-order valence-corrected chi connectivity index (χ1v) is 4.31. The molecule has 84 valence electrons. The minimum absolute atomic E-state index is 0.0387. The van der Waals surface area contributed by atoms with E-state index in [0.717, 1.165) is 16.9 Å². The maximum atomic E-state index is 12.7. The van der Waals surface area contributed by atoms with Gasteiger partial charge in [0.25, 0.3) is 0 Å². The molecule has 0 aliphatic heterocycles. The van der Waals surface area contributed by atoms with Gasteiger partial charge in [-0.25, -0.2) is 9.67 Å². The van der Waals surface area contributed by atoms with Crippen LogP contribution < -0.4 is 5.73 Å². The van der Waals surface area contributed by atoms with Crippen molar-refractivity contribution in [3.63, 3.8) is 0 Å². The minimum atomic E-state index is -4.51. The van der Waals surface area contributed by atoms with Crippen LogP contribution >= 0.6 is 0 Å². The third kappa shape index (κ3) is 1.83. The number of rotatable bonds is 1. The Kier molecular flexibility index (Phi) is 2.30. The van der Waals surface area contributed by atoms with Crippen LogP contribution in [-0.4, -0.2) is 14.8 Å². The molecule has 0 aliphatic rings. The molecule has 0 radical (unpaired) electrons. The molecule has 7 heteroatoms. The molecule has 0 unspecified atom stereocenters. The van der Waals surface area contributed by atoms with Gasteiger partial charge in [0.1, 0.15) is 5.56 Å².